The number of hydrogen-bond acceptors (Lipinski definition) is 8. The fourth-order valence-electron chi connectivity index (χ4n) is 4.30. The van der Waals surface area contributed by atoms with Crippen LogP contribution < -0.4 is 19.1 Å². The van der Waals surface area contributed by atoms with Gasteiger partial charge >= 0.3 is 0 Å². The molecule has 176 valence electrons. The highest BCUT2D eigenvalue weighted by atomic mass is 19.1. The number of carbonyl (C=O) groups excluding carboxylic acids is 1. The van der Waals surface area contributed by atoms with Crippen molar-refractivity contribution in [1.82, 2.24) is 9.88 Å². The molecule has 9 nitrogen and oxygen atoms in total. The van der Waals surface area contributed by atoms with Crippen molar-refractivity contribution in [2.75, 3.05) is 58.1 Å². The van der Waals surface area contributed by atoms with Gasteiger partial charge in [0, 0.05) is 25.1 Å². The van der Waals surface area contributed by atoms with Crippen molar-refractivity contribution in [3.63, 3.8) is 0 Å². The Labute approximate surface area is 190 Å². The van der Waals surface area contributed by atoms with E-state index in [2.05, 4.69) is 4.98 Å². The van der Waals surface area contributed by atoms with E-state index < -0.39 is 11.9 Å². The SMILES string of the molecule is COc1ncc(N2CCOc3ccc(OC4CCN(C(=O)C5COCCO5)C4)cc32)cc1F. The lowest BCUT2D eigenvalue weighted by Gasteiger charge is -2.31. The predicted molar refractivity (Wildman–Crippen MR) is 116 cm³/mol. The van der Waals surface area contributed by atoms with Gasteiger partial charge in [0.15, 0.2) is 11.9 Å². The summed E-state index contributed by atoms with van der Waals surface area (Å²) >= 11 is 0. The first-order chi connectivity index (χ1) is 16.1. The molecule has 0 saturated carbocycles. The van der Waals surface area contributed by atoms with Gasteiger partial charge in [0.1, 0.15) is 24.2 Å². The summed E-state index contributed by atoms with van der Waals surface area (Å²) in [5.74, 6) is 0.707. The fraction of sp³-hybridized carbons (Fsp3) is 0.478. The van der Waals surface area contributed by atoms with Crippen LogP contribution in [0.1, 0.15) is 6.42 Å². The number of methoxy groups -OCH3 is 1. The molecule has 1 aromatic heterocycles. The normalized spacial score (nSPS) is 22.5. The van der Waals surface area contributed by atoms with Crippen LogP contribution in [-0.2, 0) is 14.3 Å². The maximum atomic E-state index is 14.2. The Morgan fingerprint density at radius 2 is 2.12 bits per heavy atom. The van der Waals surface area contributed by atoms with Gasteiger partial charge in [0.05, 0.1) is 57.6 Å². The van der Waals surface area contributed by atoms with Crippen LogP contribution in [0, 0.1) is 5.82 Å². The summed E-state index contributed by atoms with van der Waals surface area (Å²) in [6.45, 7) is 3.36. The minimum atomic E-state index is -0.537. The molecule has 2 atom stereocenters. The van der Waals surface area contributed by atoms with Crippen molar-refractivity contribution >= 4 is 17.3 Å². The number of rotatable bonds is 5. The van der Waals surface area contributed by atoms with E-state index in [4.69, 9.17) is 23.7 Å². The monoisotopic (exact) mass is 459 g/mol. The van der Waals surface area contributed by atoms with Gasteiger partial charge in [-0.15, -0.1) is 0 Å². The van der Waals surface area contributed by atoms with E-state index in [-0.39, 0.29) is 17.9 Å². The molecule has 4 heterocycles. The molecule has 0 bridgehead atoms. The molecule has 0 radical (unpaired) electrons. The zero-order valence-electron chi connectivity index (χ0n) is 18.4. The van der Waals surface area contributed by atoms with Gasteiger partial charge < -0.3 is 33.5 Å². The van der Waals surface area contributed by atoms with Gasteiger partial charge in [0.25, 0.3) is 5.91 Å². The van der Waals surface area contributed by atoms with Gasteiger partial charge in [0.2, 0.25) is 5.88 Å². The Morgan fingerprint density at radius 1 is 1.21 bits per heavy atom. The lowest BCUT2D eigenvalue weighted by Crippen LogP contribution is -2.44. The number of benzene rings is 1. The minimum Gasteiger partial charge on any atom is -0.490 e. The van der Waals surface area contributed by atoms with Gasteiger partial charge in [-0.2, -0.15) is 0 Å². The Balaban J connectivity index is 1.28. The molecule has 1 aromatic carbocycles. The van der Waals surface area contributed by atoms with Crippen molar-refractivity contribution in [2.24, 2.45) is 0 Å². The first-order valence-electron chi connectivity index (χ1n) is 11.0. The second kappa shape index (κ2) is 9.40. The number of anilines is 2. The maximum Gasteiger partial charge on any atom is 0.254 e. The van der Waals surface area contributed by atoms with Crippen molar-refractivity contribution in [2.45, 2.75) is 18.6 Å². The van der Waals surface area contributed by atoms with Gasteiger partial charge in [-0.25, -0.2) is 9.37 Å². The van der Waals surface area contributed by atoms with Crippen LogP contribution in [0.2, 0.25) is 0 Å². The molecule has 1 amide bonds. The highest BCUT2D eigenvalue weighted by Crippen LogP contribution is 2.40. The number of pyridine rings is 1. The van der Waals surface area contributed by atoms with Crippen LogP contribution in [-0.4, -0.2) is 81.2 Å². The number of nitrogens with zero attached hydrogens (tertiary/aromatic N) is 3. The Morgan fingerprint density at radius 3 is 2.91 bits per heavy atom. The minimum absolute atomic E-state index is 0.0464. The molecule has 3 aliphatic heterocycles. The van der Waals surface area contributed by atoms with E-state index in [0.717, 1.165) is 12.1 Å². The molecule has 0 N–H and O–H groups in total. The molecular formula is C23H26FN3O6. The second-order valence-corrected chi connectivity index (χ2v) is 8.06. The molecule has 33 heavy (non-hydrogen) atoms. The molecule has 2 unspecified atom stereocenters. The summed E-state index contributed by atoms with van der Waals surface area (Å²) in [6, 6.07) is 6.96. The molecule has 10 heteroatoms. The number of ether oxygens (including phenoxy) is 5. The van der Waals surface area contributed by atoms with Crippen LogP contribution in [0.25, 0.3) is 0 Å². The maximum absolute atomic E-state index is 14.2. The van der Waals surface area contributed by atoms with E-state index >= 15 is 0 Å². The second-order valence-electron chi connectivity index (χ2n) is 8.06. The number of carbonyl (C=O) groups is 1. The Kier molecular flexibility index (Phi) is 6.19. The molecule has 3 aliphatic rings. The molecule has 2 fully saturated rings. The smallest absolute Gasteiger partial charge is 0.254 e. The lowest BCUT2D eigenvalue weighted by atomic mass is 10.2. The Hall–Kier alpha value is -3.11. The third-order valence-electron chi connectivity index (χ3n) is 5.94. The summed E-state index contributed by atoms with van der Waals surface area (Å²) in [5, 5.41) is 0. The number of fused-ring (bicyclic) bond motifs is 1. The van der Waals surface area contributed by atoms with Crippen molar-refractivity contribution < 1.29 is 32.9 Å². The fourth-order valence-corrected chi connectivity index (χ4v) is 4.30. The third-order valence-corrected chi connectivity index (χ3v) is 5.94. The van der Waals surface area contributed by atoms with E-state index in [1.165, 1.54) is 13.2 Å². The van der Waals surface area contributed by atoms with Crippen LogP contribution in [0.15, 0.2) is 30.5 Å². The van der Waals surface area contributed by atoms with Crippen LogP contribution in [0.5, 0.6) is 17.4 Å². The average molecular weight is 459 g/mol. The number of halogens is 1. The van der Waals surface area contributed by atoms with Gasteiger partial charge in [-0.05, 0) is 12.1 Å². The van der Waals surface area contributed by atoms with Gasteiger partial charge in [-0.1, -0.05) is 0 Å². The summed E-state index contributed by atoms with van der Waals surface area (Å²) in [5.41, 5.74) is 1.37. The molecule has 2 saturated heterocycles. The third kappa shape index (κ3) is 4.53. The van der Waals surface area contributed by atoms with Crippen molar-refractivity contribution in [3.8, 4) is 17.4 Å². The predicted octanol–water partition coefficient (Wildman–Crippen LogP) is 2.15. The largest absolute Gasteiger partial charge is 0.490 e. The van der Waals surface area contributed by atoms with E-state index in [0.29, 0.717) is 63.2 Å². The summed E-state index contributed by atoms with van der Waals surface area (Å²) in [7, 11) is 1.38. The topological polar surface area (TPSA) is 82.6 Å². The summed E-state index contributed by atoms with van der Waals surface area (Å²) < 4.78 is 42.0. The number of aromatic nitrogens is 1. The number of likely N-dealkylation sites (tertiary alicyclic amines) is 1. The van der Waals surface area contributed by atoms with Crippen molar-refractivity contribution in [1.29, 1.82) is 0 Å². The first-order valence-corrected chi connectivity index (χ1v) is 11.0. The lowest BCUT2D eigenvalue weighted by molar-refractivity contribution is -0.157. The van der Waals surface area contributed by atoms with Crippen LogP contribution >= 0.6 is 0 Å². The Bertz CT molecular complexity index is 1020. The molecule has 0 aliphatic carbocycles. The highest BCUT2D eigenvalue weighted by molar-refractivity contribution is 5.81. The van der Waals surface area contributed by atoms with Crippen LogP contribution in [0.4, 0.5) is 15.8 Å². The molecule has 2 aromatic rings. The van der Waals surface area contributed by atoms with Crippen LogP contribution in [0.3, 0.4) is 0 Å². The molecule has 5 rings (SSSR count). The summed E-state index contributed by atoms with van der Waals surface area (Å²) in [6.07, 6.45) is 1.63. The molecular weight excluding hydrogens is 433 g/mol. The summed E-state index contributed by atoms with van der Waals surface area (Å²) in [4.78, 5) is 20.4. The van der Waals surface area contributed by atoms with Gasteiger partial charge in [-0.3, -0.25) is 4.79 Å². The average Bonchev–Trinajstić information content (AvgIpc) is 3.32. The van der Waals surface area contributed by atoms with E-state index in [1.54, 1.807) is 11.1 Å². The van der Waals surface area contributed by atoms with Crippen molar-refractivity contribution in [3.05, 3.63) is 36.3 Å². The number of amides is 1. The highest BCUT2D eigenvalue weighted by Gasteiger charge is 2.34. The first kappa shape index (κ1) is 21.7. The van der Waals surface area contributed by atoms with E-state index in [9.17, 15) is 9.18 Å². The zero-order chi connectivity index (χ0) is 22.8. The quantitative estimate of drug-likeness (QED) is 0.673. The number of hydrogen-bond donors (Lipinski definition) is 0. The zero-order valence-corrected chi connectivity index (χ0v) is 18.4. The van der Waals surface area contributed by atoms with E-state index in [1.807, 2.05) is 23.1 Å². The molecule has 0 spiro atoms. The standard InChI is InChI=1S/C23H26FN3O6/c1-29-22-18(24)10-15(12-25-22)27-6-7-31-20-3-2-16(11-19(20)27)33-17-4-5-26(13-17)23(28)21-14-30-8-9-32-21/h2-3,10-12,17,21H,4-9,13-14H2,1H3.